The van der Waals surface area contributed by atoms with Gasteiger partial charge in [-0.05, 0) is 30.7 Å². The summed E-state index contributed by atoms with van der Waals surface area (Å²) in [7, 11) is 0. The number of hydrogen-bond donors (Lipinski definition) is 2. The van der Waals surface area contributed by atoms with Gasteiger partial charge in [-0.15, -0.1) is 0 Å². The highest BCUT2D eigenvalue weighted by Gasteiger charge is 2.19. The lowest BCUT2D eigenvalue weighted by molar-refractivity contribution is -0.116. The monoisotopic (exact) mass is 261 g/mol. The van der Waals surface area contributed by atoms with Gasteiger partial charge in [0.2, 0.25) is 0 Å². The topological polar surface area (TPSA) is 96.6 Å². The Bertz CT molecular complexity index is 698. The van der Waals surface area contributed by atoms with Crippen LogP contribution >= 0.6 is 0 Å². The quantitative estimate of drug-likeness (QED) is 0.880. The molecule has 0 saturated carbocycles. The molecule has 6 nitrogen and oxygen atoms in total. The molecule has 19 heavy (non-hydrogen) atoms. The van der Waals surface area contributed by atoms with Crippen LogP contribution < -0.4 is 0 Å². The average Bonchev–Trinajstić information content (AvgIpc) is 2.66. The van der Waals surface area contributed by atoms with Crippen LogP contribution in [0.1, 0.15) is 23.0 Å². The molecular weight excluding hydrogens is 250 g/mol. The number of nitrogens with zero attached hydrogens (tertiary/aromatic N) is 1. The summed E-state index contributed by atoms with van der Waals surface area (Å²) in [6, 6.07) is 6.04. The predicted molar refractivity (Wildman–Crippen MR) is 66.7 cm³/mol. The van der Waals surface area contributed by atoms with Gasteiger partial charge < -0.3 is 10.2 Å². The standard InChI is InChI=1S/C13H11NO5/c1-7(15)4-8-2-3-10-9(5-8)6-11(12(16)17)14(10)13(18)19/h2-3,5-6H,4H2,1H3,(H,16,17)(H,18,19). The van der Waals surface area contributed by atoms with E-state index in [1.54, 1.807) is 12.1 Å². The van der Waals surface area contributed by atoms with Gasteiger partial charge >= 0.3 is 12.1 Å². The Morgan fingerprint density at radius 3 is 2.37 bits per heavy atom. The van der Waals surface area contributed by atoms with Crippen molar-refractivity contribution >= 4 is 28.7 Å². The highest BCUT2D eigenvalue weighted by molar-refractivity contribution is 6.00. The van der Waals surface area contributed by atoms with Crippen molar-refractivity contribution in [1.29, 1.82) is 0 Å². The van der Waals surface area contributed by atoms with Gasteiger partial charge in [-0.25, -0.2) is 14.2 Å². The number of Topliss-reactive ketones (excluding diaryl/α,β-unsaturated/α-hetero) is 1. The molecule has 1 aromatic heterocycles. The molecule has 2 rings (SSSR count). The average molecular weight is 261 g/mol. The molecule has 0 spiro atoms. The van der Waals surface area contributed by atoms with Crippen molar-refractivity contribution in [2.45, 2.75) is 13.3 Å². The molecule has 1 heterocycles. The van der Waals surface area contributed by atoms with E-state index in [9.17, 15) is 14.4 Å². The summed E-state index contributed by atoms with van der Waals surface area (Å²) in [5.74, 6) is -1.33. The molecule has 0 aliphatic carbocycles. The van der Waals surface area contributed by atoms with Crippen LogP contribution in [-0.4, -0.2) is 32.6 Å². The lowest BCUT2D eigenvalue weighted by Gasteiger charge is -2.02. The third-order valence-electron chi connectivity index (χ3n) is 2.73. The van der Waals surface area contributed by atoms with Gasteiger partial charge in [0, 0.05) is 11.8 Å². The highest BCUT2D eigenvalue weighted by Crippen LogP contribution is 2.22. The minimum atomic E-state index is -1.35. The number of carboxylic acids is 1. The summed E-state index contributed by atoms with van der Waals surface area (Å²) in [5, 5.41) is 18.5. The molecule has 0 aliphatic heterocycles. The van der Waals surface area contributed by atoms with Gasteiger partial charge in [-0.3, -0.25) is 4.79 Å². The third-order valence-corrected chi connectivity index (χ3v) is 2.73. The van der Waals surface area contributed by atoms with Crippen molar-refractivity contribution in [3.63, 3.8) is 0 Å². The van der Waals surface area contributed by atoms with Crippen LogP contribution in [0.5, 0.6) is 0 Å². The Hall–Kier alpha value is -2.63. The van der Waals surface area contributed by atoms with Crippen LogP contribution in [0, 0.1) is 0 Å². The lowest BCUT2D eigenvalue weighted by atomic mass is 10.1. The third kappa shape index (κ3) is 2.33. The van der Waals surface area contributed by atoms with Crippen molar-refractivity contribution in [2.24, 2.45) is 0 Å². The number of ketones is 1. The van der Waals surface area contributed by atoms with Gasteiger partial charge in [0.15, 0.2) is 0 Å². The predicted octanol–water partition coefficient (Wildman–Crippen LogP) is 2.00. The zero-order valence-corrected chi connectivity index (χ0v) is 10.1. The highest BCUT2D eigenvalue weighted by atomic mass is 16.4. The first-order chi connectivity index (χ1) is 8.90. The van der Waals surface area contributed by atoms with E-state index in [1.807, 2.05) is 0 Å². The number of fused-ring (bicyclic) bond motifs is 1. The zero-order valence-electron chi connectivity index (χ0n) is 10.1. The zero-order chi connectivity index (χ0) is 14.2. The number of aromatic carboxylic acids is 1. The molecular formula is C13H11NO5. The molecule has 0 bridgehead atoms. The maximum Gasteiger partial charge on any atom is 0.416 e. The second-order valence-corrected chi connectivity index (χ2v) is 4.22. The summed E-state index contributed by atoms with van der Waals surface area (Å²) in [6.45, 7) is 1.45. The van der Waals surface area contributed by atoms with Crippen molar-refractivity contribution in [2.75, 3.05) is 0 Å². The van der Waals surface area contributed by atoms with Crippen LogP contribution in [0.25, 0.3) is 10.9 Å². The Labute approximate surface area is 107 Å². The maximum absolute atomic E-state index is 11.1. The van der Waals surface area contributed by atoms with Crippen molar-refractivity contribution < 1.29 is 24.6 Å². The van der Waals surface area contributed by atoms with Crippen molar-refractivity contribution in [3.8, 4) is 0 Å². The van der Waals surface area contributed by atoms with Crippen LogP contribution in [-0.2, 0) is 11.2 Å². The Morgan fingerprint density at radius 1 is 1.16 bits per heavy atom. The van der Waals surface area contributed by atoms with Crippen LogP contribution in [0.2, 0.25) is 0 Å². The molecule has 0 atom stereocenters. The first-order valence-corrected chi connectivity index (χ1v) is 5.50. The molecule has 0 fully saturated rings. The number of benzene rings is 1. The summed E-state index contributed by atoms with van der Waals surface area (Å²) in [6.07, 6.45) is -1.12. The molecule has 1 aromatic carbocycles. The lowest BCUT2D eigenvalue weighted by Crippen LogP contribution is -2.14. The van der Waals surface area contributed by atoms with Crippen LogP contribution in [0.15, 0.2) is 24.3 Å². The Balaban J connectivity index is 2.65. The van der Waals surface area contributed by atoms with Crippen LogP contribution in [0.4, 0.5) is 4.79 Å². The number of hydrogen-bond acceptors (Lipinski definition) is 3. The molecule has 0 aliphatic rings. The summed E-state index contributed by atoms with van der Waals surface area (Å²) >= 11 is 0. The van der Waals surface area contributed by atoms with Gasteiger partial charge in [0.05, 0.1) is 5.52 Å². The molecule has 0 unspecified atom stereocenters. The van der Waals surface area contributed by atoms with Crippen LogP contribution in [0.3, 0.4) is 0 Å². The van der Waals surface area contributed by atoms with Gasteiger partial charge in [-0.2, -0.15) is 0 Å². The van der Waals surface area contributed by atoms with E-state index in [4.69, 9.17) is 10.2 Å². The van der Waals surface area contributed by atoms with Crippen molar-refractivity contribution in [1.82, 2.24) is 4.57 Å². The molecule has 2 N–H and O–H groups in total. The Kier molecular flexibility index (Phi) is 3.08. The summed E-state index contributed by atoms with van der Waals surface area (Å²) < 4.78 is 0.717. The fourth-order valence-electron chi connectivity index (χ4n) is 2.03. The molecule has 6 heteroatoms. The van der Waals surface area contributed by atoms with E-state index in [0.717, 1.165) is 10.1 Å². The summed E-state index contributed by atoms with van der Waals surface area (Å²) in [4.78, 5) is 33.2. The SMILES string of the molecule is CC(=O)Cc1ccc2c(c1)cc(C(=O)O)n2C(=O)O. The fraction of sp³-hybridized carbons (Fsp3) is 0.154. The van der Waals surface area contributed by atoms with E-state index >= 15 is 0 Å². The minimum absolute atomic E-state index is 0.0181. The van der Waals surface area contributed by atoms with Gasteiger partial charge in [0.25, 0.3) is 0 Å². The fourth-order valence-corrected chi connectivity index (χ4v) is 2.03. The van der Waals surface area contributed by atoms with E-state index in [-0.39, 0.29) is 23.4 Å². The summed E-state index contributed by atoms with van der Waals surface area (Å²) in [5.41, 5.74) is 0.694. The molecule has 0 amide bonds. The van der Waals surface area contributed by atoms with E-state index < -0.39 is 12.1 Å². The molecule has 98 valence electrons. The number of rotatable bonds is 3. The number of aromatic nitrogens is 1. The number of carboxylic acid groups (broad SMARTS) is 2. The minimum Gasteiger partial charge on any atom is -0.477 e. The normalized spacial score (nSPS) is 10.6. The van der Waals surface area contributed by atoms with Gasteiger partial charge in [-0.1, -0.05) is 6.07 Å². The Morgan fingerprint density at radius 2 is 1.84 bits per heavy atom. The van der Waals surface area contributed by atoms with Gasteiger partial charge in [0.1, 0.15) is 11.5 Å². The smallest absolute Gasteiger partial charge is 0.416 e. The molecule has 2 aromatic rings. The van der Waals surface area contributed by atoms with E-state index in [1.165, 1.54) is 19.1 Å². The first-order valence-electron chi connectivity index (χ1n) is 5.50. The largest absolute Gasteiger partial charge is 0.477 e. The second kappa shape index (κ2) is 4.56. The number of carbonyl (C=O) groups is 3. The maximum atomic E-state index is 11.1. The molecule has 0 saturated heterocycles. The van der Waals surface area contributed by atoms with E-state index in [0.29, 0.717) is 5.39 Å². The molecule has 0 radical (unpaired) electrons. The van der Waals surface area contributed by atoms with E-state index in [2.05, 4.69) is 0 Å². The number of carbonyl (C=O) groups excluding carboxylic acids is 1. The van der Waals surface area contributed by atoms with Crippen molar-refractivity contribution in [3.05, 3.63) is 35.5 Å². The first kappa shape index (κ1) is 12.8. The second-order valence-electron chi connectivity index (χ2n) is 4.22.